The molecule has 2 aromatic heterocycles. The first-order valence-electron chi connectivity index (χ1n) is 14.9. The summed E-state index contributed by atoms with van der Waals surface area (Å²) in [7, 11) is 0. The Morgan fingerprint density at radius 2 is 1.18 bits per heavy atom. The standard InChI is InChI=1S/C33H40N4O6S/c1-6-20-19(5)32(42)37-27(20)14-25-17(3)22(8-10-31(40)41)29(35-25)15-28-21(7-9-30(38)39)16(2)24(34-28)13-26-18(4)23(11-12-44)33(43)36-26/h34-35,44H,6-15H2,1-5H3,(H,38,39)(H,40,41). The largest absolute Gasteiger partial charge is 0.481 e. The van der Waals surface area contributed by atoms with E-state index in [0.29, 0.717) is 67.6 Å². The van der Waals surface area contributed by atoms with Gasteiger partial charge in [0, 0.05) is 66.0 Å². The maximum atomic E-state index is 12.5. The molecule has 0 saturated heterocycles. The lowest BCUT2D eigenvalue weighted by Crippen LogP contribution is -2.06. The monoisotopic (exact) mass is 620 g/mol. The SMILES string of the molecule is CCC1=C(C)C(=O)N=C1Cc1[nH]c(Cc2[nH]c(CC3=NC(=O)C(CCS)=C3C)c(C)c2CCC(=O)O)c(CCC(=O)O)c1C. The van der Waals surface area contributed by atoms with Crippen LogP contribution in [0.3, 0.4) is 0 Å². The zero-order valence-electron chi connectivity index (χ0n) is 25.9. The van der Waals surface area contributed by atoms with Gasteiger partial charge in [-0.25, -0.2) is 9.98 Å². The molecule has 11 heteroatoms. The molecular weight excluding hydrogens is 580 g/mol. The van der Waals surface area contributed by atoms with Gasteiger partial charge in [-0.15, -0.1) is 0 Å². The number of aromatic nitrogens is 2. The van der Waals surface area contributed by atoms with Crippen molar-refractivity contribution in [3.05, 3.63) is 67.3 Å². The number of carboxylic acid groups (broad SMARTS) is 2. The topological polar surface area (TPSA) is 165 Å². The highest BCUT2D eigenvalue weighted by atomic mass is 32.1. The van der Waals surface area contributed by atoms with E-state index in [4.69, 9.17) is 0 Å². The molecule has 2 amide bonds. The molecule has 4 N–H and O–H groups in total. The number of H-pyrrole nitrogens is 2. The first kappa shape index (κ1) is 32.9. The number of aromatic amines is 2. The zero-order valence-corrected chi connectivity index (χ0v) is 26.8. The van der Waals surface area contributed by atoms with E-state index >= 15 is 0 Å². The molecule has 234 valence electrons. The number of hydrogen-bond acceptors (Lipinski definition) is 5. The van der Waals surface area contributed by atoms with E-state index in [1.54, 1.807) is 6.92 Å². The first-order valence-corrected chi connectivity index (χ1v) is 15.6. The number of carbonyl (C=O) groups excluding carboxylic acids is 2. The molecule has 0 atom stereocenters. The minimum absolute atomic E-state index is 0.0429. The Bertz CT molecular complexity index is 1670. The Hall–Kier alpha value is -3.99. The Balaban J connectivity index is 1.72. The van der Waals surface area contributed by atoms with Crippen molar-refractivity contribution in [2.24, 2.45) is 9.98 Å². The van der Waals surface area contributed by atoms with Gasteiger partial charge < -0.3 is 20.2 Å². The molecule has 0 bridgehead atoms. The van der Waals surface area contributed by atoms with E-state index in [1.165, 1.54) is 0 Å². The number of hydrogen-bond donors (Lipinski definition) is 5. The Kier molecular flexibility index (Phi) is 10.3. The number of amides is 2. The minimum Gasteiger partial charge on any atom is -0.481 e. The van der Waals surface area contributed by atoms with Gasteiger partial charge in [-0.2, -0.15) is 12.6 Å². The van der Waals surface area contributed by atoms with Crippen LogP contribution in [0.25, 0.3) is 0 Å². The van der Waals surface area contributed by atoms with E-state index < -0.39 is 11.9 Å². The molecule has 0 radical (unpaired) electrons. The van der Waals surface area contributed by atoms with Gasteiger partial charge in [0.2, 0.25) is 0 Å². The average molecular weight is 621 g/mol. The zero-order chi connectivity index (χ0) is 32.3. The van der Waals surface area contributed by atoms with Crippen LogP contribution in [0.4, 0.5) is 0 Å². The van der Waals surface area contributed by atoms with Crippen molar-refractivity contribution in [3.8, 4) is 0 Å². The van der Waals surface area contributed by atoms with Crippen LogP contribution >= 0.6 is 12.6 Å². The molecule has 0 fully saturated rings. The van der Waals surface area contributed by atoms with E-state index in [9.17, 15) is 29.4 Å². The van der Waals surface area contributed by atoms with Crippen LogP contribution in [0.5, 0.6) is 0 Å². The van der Waals surface area contributed by atoms with Crippen molar-refractivity contribution in [1.29, 1.82) is 0 Å². The molecule has 2 aromatic rings. The highest BCUT2D eigenvalue weighted by molar-refractivity contribution is 7.80. The summed E-state index contributed by atoms with van der Waals surface area (Å²) in [4.78, 5) is 63.5. The van der Waals surface area contributed by atoms with Crippen molar-refractivity contribution >= 4 is 47.8 Å². The van der Waals surface area contributed by atoms with Crippen LogP contribution < -0.4 is 0 Å². The van der Waals surface area contributed by atoms with Crippen molar-refractivity contribution in [3.63, 3.8) is 0 Å². The molecule has 4 heterocycles. The molecule has 0 saturated carbocycles. The van der Waals surface area contributed by atoms with Crippen molar-refractivity contribution < 1.29 is 29.4 Å². The second-order valence-corrected chi connectivity index (χ2v) is 11.9. The fraction of sp³-hybridized carbons (Fsp3) is 0.455. The molecule has 4 rings (SSSR count). The molecule has 2 aliphatic rings. The maximum Gasteiger partial charge on any atom is 0.303 e. The molecule has 0 aromatic carbocycles. The number of carboxylic acids is 2. The number of aliphatic imine (C=N–C) groups is 2. The summed E-state index contributed by atoms with van der Waals surface area (Å²) in [6.45, 7) is 9.58. The molecule has 0 aliphatic carbocycles. The van der Waals surface area contributed by atoms with Gasteiger partial charge in [0.25, 0.3) is 11.8 Å². The van der Waals surface area contributed by atoms with Gasteiger partial charge in [0.15, 0.2) is 0 Å². The molecule has 44 heavy (non-hydrogen) atoms. The normalized spacial score (nSPS) is 15.1. The number of allylic oxidation sites excluding steroid dienone is 2. The minimum atomic E-state index is -0.902. The van der Waals surface area contributed by atoms with E-state index in [2.05, 4.69) is 32.6 Å². The lowest BCUT2D eigenvalue weighted by atomic mass is 9.96. The summed E-state index contributed by atoms with van der Waals surface area (Å²) in [5.41, 5.74) is 11.6. The van der Waals surface area contributed by atoms with Gasteiger partial charge in [0.05, 0.1) is 11.4 Å². The number of nitrogens with one attached hydrogen (secondary N) is 2. The number of thiol groups is 1. The predicted molar refractivity (Wildman–Crippen MR) is 172 cm³/mol. The van der Waals surface area contributed by atoms with E-state index in [1.807, 2.05) is 27.7 Å². The first-order chi connectivity index (χ1) is 20.9. The van der Waals surface area contributed by atoms with Crippen molar-refractivity contribution in [2.75, 3.05) is 5.75 Å². The Labute approximate surface area is 262 Å². The summed E-state index contributed by atoms with van der Waals surface area (Å²) >= 11 is 4.27. The fourth-order valence-electron chi connectivity index (χ4n) is 6.25. The summed E-state index contributed by atoms with van der Waals surface area (Å²) in [5, 5.41) is 18.9. The quantitative estimate of drug-likeness (QED) is 0.176. The Morgan fingerprint density at radius 1 is 0.682 bits per heavy atom. The van der Waals surface area contributed by atoms with Crippen LogP contribution in [0, 0.1) is 13.8 Å². The number of carbonyl (C=O) groups is 4. The second-order valence-electron chi connectivity index (χ2n) is 11.5. The van der Waals surface area contributed by atoms with Crippen LogP contribution in [0.15, 0.2) is 32.3 Å². The second kappa shape index (κ2) is 13.8. The third-order valence-corrected chi connectivity index (χ3v) is 9.04. The average Bonchev–Trinajstić information content (AvgIpc) is 3.60. The molecule has 10 nitrogen and oxygen atoms in total. The highest BCUT2D eigenvalue weighted by Crippen LogP contribution is 2.31. The molecule has 2 aliphatic heterocycles. The van der Waals surface area contributed by atoms with Crippen LogP contribution in [-0.2, 0) is 51.3 Å². The van der Waals surface area contributed by atoms with Crippen molar-refractivity contribution in [1.82, 2.24) is 9.97 Å². The Morgan fingerprint density at radius 3 is 1.66 bits per heavy atom. The summed E-state index contributed by atoms with van der Waals surface area (Å²) in [6.07, 6.45) is 3.01. The smallest absolute Gasteiger partial charge is 0.303 e. The van der Waals surface area contributed by atoms with Gasteiger partial charge in [0.1, 0.15) is 0 Å². The van der Waals surface area contributed by atoms with E-state index in [-0.39, 0.29) is 24.7 Å². The molecular formula is C33H40N4O6S. The van der Waals surface area contributed by atoms with Gasteiger partial charge in [-0.05, 0) is 92.5 Å². The molecule has 0 unspecified atom stereocenters. The lowest BCUT2D eigenvalue weighted by Gasteiger charge is -2.07. The van der Waals surface area contributed by atoms with Gasteiger partial charge in [-0.3, -0.25) is 19.2 Å². The number of aliphatic carboxylic acids is 2. The van der Waals surface area contributed by atoms with E-state index in [0.717, 1.165) is 61.9 Å². The van der Waals surface area contributed by atoms with Crippen LogP contribution in [0.2, 0.25) is 0 Å². The molecule has 0 spiro atoms. The summed E-state index contributed by atoms with van der Waals surface area (Å²) < 4.78 is 0. The summed E-state index contributed by atoms with van der Waals surface area (Å²) in [6, 6.07) is 0. The van der Waals surface area contributed by atoms with Crippen LogP contribution in [-0.4, -0.2) is 61.1 Å². The van der Waals surface area contributed by atoms with Crippen molar-refractivity contribution in [2.45, 2.75) is 92.4 Å². The van der Waals surface area contributed by atoms with Crippen LogP contribution in [0.1, 0.15) is 91.5 Å². The lowest BCUT2D eigenvalue weighted by molar-refractivity contribution is -0.138. The fourth-order valence-corrected chi connectivity index (χ4v) is 6.47. The third kappa shape index (κ3) is 6.88. The summed E-state index contributed by atoms with van der Waals surface area (Å²) in [5.74, 6) is -1.71. The third-order valence-electron chi connectivity index (χ3n) is 8.82. The predicted octanol–water partition coefficient (Wildman–Crippen LogP) is 5.00. The maximum absolute atomic E-state index is 12.5. The van der Waals surface area contributed by atoms with Gasteiger partial charge in [-0.1, -0.05) is 6.92 Å². The number of nitrogens with zero attached hydrogens (tertiary/aromatic N) is 2. The highest BCUT2D eigenvalue weighted by Gasteiger charge is 2.27. The van der Waals surface area contributed by atoms with Gasteiger partial charge >= 0.3 is 11.9 Å². The number of rotatable bonds is 15.